The van der Waals surface area contributed by atoms with E-state index in [9.17, 15) is 0 Å². The third kappa shape index (κ3) is 3.06. The van der Waals surface area contributed by atoms with E-state index in [4.69, 9.17) is 11.6 Å². The van der Waals surface area contributed by atoms with Gasteiger partial charge < -0.3 is 0 Å². The van der Waals surface area contributed by atoms with Gasteiger partial charge in [-0.05, 0) is 29.8 Å². The van der Waals surface area contributed by atoms with E-state index in [2.05, 4.69) is 30.9 Å². The molecule has 0 spiro atoms. The van der Waals surface area contributed by atoms with Crippen LogP contribution < -0.4 is 0 Å². The SMILES string of the molecule is C[P+]1(CCc2ccc(Cl)cc2)CC=CC1. The van der Waals surface area contributed by atoms with Crippen LogP contribution in [0.15, 0.2) is 36.4 Å². The maximum atomic E-state index is 5.86. The van der Waals surface area contributed by atoms with Gasteiger partial charge in [0.25, 0.3) is 0 Å². The predicted octanol–water partition coefficient (Wildman–Crippen LogP) is 4.10. The summed E-state index contributed by atoms with van der Waals surface area (Å²) in [5, 5.41) is 0.835. The standard InChI is InChI=1S/C13H17ClP/c1-15(9-2-3-10-15)11-8-12-4-6-13(14)7-5-12/h2-7H,8-11H2,1H3/q+1. The van der Waals surface area contributed by atoms with E-state index < -0.39 is 7.26 Å². The topological polar surface area (TPSA) is 0 Å². The van der Waals surface area contributed by atoms with Gasteiger partial charge in [-0.3, -0.25) is 0 Å². The third-order valence-electron chi connectivity index (χ3n) is 3.11. The first-order chi connectivity index (χ1) is 7.18. The van der Waals surface area contributed by atoms with E-state index in [1.54, 1.807) is 0 Å². The van der Waals surface area contributed by atoms with Crippen molar-refractivity contribution in [2.24, 2.45) is 0 Å². The van der Waals surface area contributed by atoms with Gasteiger partial charge in [0, 0.05) is 25.4 Å². The first-order valence-corrected chi connectivity index (χ1v) is 8.58. The van der Waals surface area contributed by atoms with Gasteiger partial charge in [-0.2, -0.15) is 0 Å². The van der Waals surface area contributed by atoms with Crippen molar-refractivity contribution >= 4 is 18.9 Å². The van der Waals surface area contributed by atoms with Gasteiger partial charge in [-0.25, -0.2) is 0 Å². The maximum absolute atomic E-state index is 5.86. The molecule has 0 unspecified atom stereocenters. The van der Waals surface area contributed by atoms with Crippen molar-refractivity contribution in [1.82, 2.24) is 0 Å². The molecule has 1 aliphatic heterocycles. The monoisotopic (exact) mass is 239 g/mol. The minimum absolute atomic E-state index is 0.641. The lowest BCUT2D eigenvalue weighted by molar-refractivity contribution is 1.13. The Morgan fingerprint density at radius 1 is 1.13 bits per heavy atom. The fourth-order valence-corrected chi connectivity index (χ4v) is 4.72. The van der Waals surface area contributed by atoms with E-state index in [0.717, 1.165) is 5.02 Å². The fourth-order valence-electron chi connectivity index (χ4n) is 1.97. The van der Waals surface area contributed by atoms with E-state index in [1.165, 1.54) is 30.5 Å². The zero-order valence-corrected chi connectivity index (χ0v) is 10.8. The Morgan fingerprint density at radius 3 is 2.33 bits per heavy atom. The van der Waals surface area contributed by atoms with Crippen molar-refractivity contribution in [3.05, 3.63) is 47.0 Å². The highest BCUT2D eigenvalue weighted by Crippen LogP contribution is 2.58. The molecule has 0 fully saturated rings. The maximum Gasteiger partial charge on any atom is 0.0775 e. The summed E-state index contributed by atoms with van der Waals surface area (Å²) in [4.78, 5) is 0. The Bertz CT molecular complexity index is 345. The Kier molecular flexibility index (Phi) is 3.49. The zero-order valence-electron chi connectivity index (χ0n) is 9.12. The largest absolute Gasteiger partial charge is 0.0843 e. The summed E-state index contributed by atoms with van der Waals surface area (Å²) in [6.45, 7) is 2.49. The summed E-state index contributed by atoms with van der Waals surface area (Å²) in [6, 6.07) is 8.28. The summed E-state index contributed by atoms with van der Waals surface area (Å²) in [5.74, 6) is 0. The number of halogens is 1. The minimum Gasteiger partial charge on any atom is -0.0843 e. The van der Waals surface area contributed by atoms with Gasteiger partial charge in [0.2, 0.25) is 0 Å². The van der Waals surface area contributed by atoms with Crippen molar-refractivity contribution in [2.45, 2.75) is 6.42 Å². The van der Waals surface area contributed by atoms with Gasteiger partial charge >= 0.3 is 0 Å². The van der Waals surface area contributed by atoms with Crippen molar-refractivity contribution in [3.8, 4) is 0 Å². The molecule has 0 bridgehead atoms. The molecule has 1 aromatic carbocycles. The molecule has 2 rings (SSSR count). The average Bonchev–Trinajstić information content (AvgIpc) is 2.65. The molecule has 0 saturated carbocycles. The van der Waals surface area contributed by atoms with Crippen molar-refractivity contribution in [3.63, 3.8) is 0 Å². The Balaban J connectivity index is 1.90. The first kappa shape index (κ1) is 11.2. The molecule has 2 heteroatoms. The Hall–Kier alpha value is -0.320. The van der Waals surface area contributed by atoms with Crippen molar-refractivity contribution in [2.75, 3.05) is 25.2 Å². The number of aryl methyl sites for hydroxylation is 1. The predicted molar refractivity (Wildman–Crippen MR) is 71.7 cm³/mol. The van der Waals surface area contributed by atoms with E-state index in [0.29, 0.717) is 0 Å². The summed E-state index contributed by atoms with van der Waals surface area (Å²) < 4.78 is 0. The molecule has 1 aromatic rings. The third-order valence-corrected chi connectivity index (χ3v) is 6.85. The second kappa shape index (κ2) is 4.68. The summed E-state index contributed by atoms with van der Waals surface area (Å²) in [6.07, 6.45) is 10.00. The molecule has 0 amide bonds. The van der Waals surface area contributed by atoms with Crippen LogP contribution >= 0.6 is 18.9 Å². The molecule has 0 aliphatic carbocycles. The van der Waals surface area contributed by atoms with Gasteiger partial charge in [0.05, 0.1) is 18.5 Å². The Morgan fingerprint density at radius 2 is 1.73 bits per heavy atom. The van der Waals surface area contributed by atoms with Gasteiger partial charge in [0.1, 0.15) is 0 Å². The number of benzene rings is 1. The molecule has 15 heavy (non-hydrogen) atoms. The fraction of sp³-hybridized carbons (Fsp3) is 0.385. The van der Waals surface area contributed by atoms with Crippen molar-refractivity contribution in [1.29, 1.82) is 0 Å². The molecular weight excluding hydrogens is 223 g/mol. The summed E-state index contributed by atoms with van der Waals surface area (Å²) >= 11 is 5.86. The average molecular weight is 240 g/mol. The lowest BCUT2D eigenvalue weighted by Gasteiger charge is -2.16. The minimum atomic E-state index is -0.641. The second-order valence-corrected chi connectivity index (χ2v) is 9.41. The molecule has 0 saturated heterocycles. The molecule has 0 nitrogen and oxygen atoms in total. The van der Waals surface area contributed by atoms with E-state index >= 15 is 0 Å². The molecule has 0 radical (unpaired) electrons. The van der Waals surface area contributed by atoms with Crippen molar-refractivity contribution < 1.29 is 0 Å². The molecule has 1 aliphatic rings. The van der Waals surface area contributed by atoms with Crippen LogP contribution in [0.4, 0.5) is 0 Å². The van der Waals surface area contributed by atoms with Crippen LogP contribution in [0.2, 0.25) is 5.02 Å². The molecule has 0 aromatic heterocycles. The van der Waals surface area contributed by atoms with Crippen LogP contribution in [-0.4, -0.2) is 25.2 Å². The van der Waals surface area contributed by atoms with Crippen LogP contribution in [0.1, 0.15) is 5.56 Å². The van der Waals surface area contributed by atoms with Crippen LogP contribution in [0, 0.1) is 0 Å². The summed E-state index contributed by atoms with van der Waals surface area (Å²) in [7, 11) is -0.641. The van der Waals surface area contributed by atoms with E-state index in [-0.39, 0.29) is 0 Å². The molecule has 1 heterocycles. The highest BCUT2D eigenvalue weighted by Gasteiger charge is 2.31. The second-order valence-electron chi connectivity index (χ2n) is 4.56. The van der Waals surface area contributed by atoms with E-state index in [1.807, 2.05) is 12.1 Å². The summed E-state index contributed by atoms with van der Waals surface area (Å²) in [5.41, 5.74) is 1.42. The molecule has 0 atom stereocenters. The van der Waals surface area contributed by atoms with Crippen LogP contribution in [0.5, 0.6) is 0 Å². The van der Waals surface area contributed by atoms with Crippen LogP contribution in [0.25, 0.3) is 0 Å². The highest BCUT2D eigenvalue weighted by atomic mass is 35.5. The first-order valence-electron chi connectivity index (χ1n) is 5.41. The number of hydrogen-bond acceptors (Lipinski definition) is 0. The van der Waals surface area contributed by atoms with Gasteiger partial charge in [-0.1, -0.05) is 23.7 Å². The molecule has 0 N–H and O–H groups in total. The quantitative estimate of drug-likeness (QED) is 0.550. The number of hydrogen-bond donors (Lipinski definition) is 0. The number of allylic oxidation sites excluding steroid dienone is 2. The lowest BCUT2D eigenvalue weighted by Crippen LogP contribution is -2.02. The van der Waals surface area contributed by atoms with Crippen LogP contribution in [-0.2, 0) is 6.42 Å². The smallest absolute Gasteiger partial charge is 0.0775 e. The zero-order chi connectivity index (χ0) is 10.7. The molecule has 80 valence electrons. The lowest BCUT2D eigenvalue weighted by atomic mass is 10.2. The highest BCUT2D eigenvalue weighted by molar-refractivity contribution is 7.75. The molecular formula is C13H17ClP+. The van der Waals surface area contributed by atoms with Gasteiger partial charge in [-0.15, -0.1) is 0 Å². The van der Waals surface area contributed by atoms with Gasteiger partial charge in [0.15, 0.2) is 0 Å². The normalized spacial score (nSPS) is 18.3. The van der Waals surface area contributed by atoms with Crippen LogP contribution in [0.3, 0.4) is 0 Å². The number of rotatable bonds is 3. The Labute approximate surface area is 97.7 Å².